The van der Waals surface area contributed by atoms with Gasteiger partial charge in [0, 0.05) is 12.5 Å². The molecule has 0 radical (unpaired) electrons. The van der Waals surface area contributed by atoms with Crippen LogP contribution in [0.4, 0.5) is 16.3 Å². The molecule has 0 spiro atoms. The Balaban J connectivity index is 2.35. The molecule has 0 aliphatic heterocycles. The second kappa shape index (κ2) is 10.7. The number of rotatable bonds is 11. The van der Waals surface area contributed by atoms with E-state index in [9.17, 15) is 17.9 Å². The van der Waals surface area contributed by atoms with Crippen LogP contribution in [0, 0.1) is 11.7 Å². The van der Waals surface area contributed by atoms with E-state index in [0.717, 1.165) is 11.8 Å². The van der Waals surface area contributed by atoms with Gasteiger partial charge in [-0.15, -0.1) is 0 Å². The number of ether oxygens (including phenoxy) is 1. The van der Waals surface area contributed by atoms with Crippen molar-refractivity contribution in [1.29, 1.82) is 0 Å². The molecule has 1 aromatic carbocycles. The second-order valence-corrected chi connectivity index (χ2v) is 9.67. The molecule has 1 aromatic heterocycles. The quantitative estimate of drug-likeness (QED) is 0.472. The van der Waals surface area contributed by atoms with E-state index in [-0.39, 0.29) is 30.5 Å². The average molecular weight is 456 g/mol. The average Bonchev–Trinajstić information content (AvgIpc) is 2.65. The fraction of sp³-hybridized carbons (Fsp3) is 0.550. The van der Waals surface area contributed by atoms with Gasteiger partial charge >= 0.3 is 0 Å². The van der Waals surface area contributed by atoms with Crippen molar-refractivity contribution in [2.24, 2.45) is 5.92 Å². The molecule has 0 aliphatic carbocycles. The Morgan fingerprint density at radius 3 is 2.42 bits per heavy atom. The van der Waals surface area contributed by atoms with Crippen molar-refractivity contribution in [3.63, 3.8) is 0 Å². The summed E-state index contributed by atoms with van der Waals surface area (Å²) < 4.78 is 44.4. The summed E-state index contributed by atoms with van der Waals surface area (Å²) in [4.78, 5) is 12.8. The predicted molar refractivity (Wildman–Crippen MR) is 117 cm³/mol. The molecule has 2 atom stereocenters. The van der Waals surface area contributed by atoms with Crippen LogP contribution in [0.15, 0.2) is 18.2 Å². The normalized spacial score (nSPS) is 13.7. The molecular formula is C20H30FN5O4S. The SMILES string of the molecule is COc1cc(F)ccc1C(C)Cc1nc(N[C@@H](CO)CC(C)C)nc(NS(C)(=O)=O)n1. The third kappa shape index (κ3) is 7.91. The molecule has 1 heterocycles. The zero-order valence-corrected chi connectivity index (χ0v) is 19.2. The molecule has 0 amide bonds. The summed E-state index contributed by atoms with van der Waals surface area (Å²) in [7, 11) is -2.14. The number of hydrogen-bond donors (Lipinski definition) is 3. The monoisotopic (exact) mass is 455 g/mol. The van der Waals surface area contributed by atoms with Crippen LogP contribution in [0.25, 0.3) is 0 Å². The van der Waals surface area contributed by atoms with E-state index >= 15 is 0 Å². The van der Waals surface area contributed by atoms with Crippen molar-refractivity contribution in [1.82, 2.24) is 15.0 Å². The highest BCUT2D eigenvalue weighted by atomic mass is 32.2. The molecule has 31 heavy (non-hydrogen) atoms. The number of aliphatic hydroxyl groups excluding tert-OH is 1. The number of halogens is 1. The van der Waals surface area contributed by atoms with Crippen LogP contribution in [0.1, 0.15) is 44.5 Å². The first-order valence-corrected chi connectivity index (χ1v) is 11.8. The lowest BCUT2D eigenvalue weighted by molar-refractivity contribution is 0.259. The smallest absolute Gasteiger partial charge is 0.241 e. The highest BCUT2D eigenvalue weighted by Crippen LogP contribution is 2.29. The Hall–Kier alpha value is -2.53. The van der Waals surface area contributed by atoms with Gasteiger partial charge in [0.05, 0.1) is 26.0 Å². The number of nitrogens with zero attached hydrogens (tertiary/aromatic N) is 3. The lowest BCUT2D eigenvalue weighted by Crippen LogP contribution is -2.27. The molecule has 1 unspecified atom stereocenters. The standard InChI is InChI=1S/C20H30FN5O4S/c1-12(2)8-15(11-27)22-19-23-18(24-20(25-19)26-31(5,28)29)9-13(3)16-7-6-14(21)10-17(16)30-4/h6-7,10,12-13,15,27H,8-9,11H2,1-5H3,(H2,22,23,24,25,26)/t13?,15-/m1/s1. The van der Waals surface area contributed by atoms with Crippen LogP contribution in [-0.2, 0) is 16.4 Å². The molecule has 2 rings (SSSR count). The number of methoxy groups -OCH3 is 1. The Morgan fingerprint density at radius 2 is 1.84 bits per heavy atom. The minimum Gasteiger partial charge on any atom is -0.496 e. The van der Waals surface area contributed by atoms with Gasteiger partial charge < -0.3 is 15.2 Å². The summed E-state index contributed by atoms with van der Waals surface area (Å²) >= 11 is 0. The predicted octanol–water partition coefficient (Wildman–Crippen LogP) is 2.56. The van der Waals surface area contributed by atoms with Crippen molar-refractivity contribution in [2.45, 2.75) is 45.6 Å². The van der Waals surface area contributed by atoms with Crippen LogP contribution in [0.5, 0.6) is 5.75 Å². The molecule has 2 aromatic rings. The second-order valence-electron chi connectivity index (χ2n) is 7.92. The van der Waals surface area contributed by atoms with Crippen LogP contribution in [0.3, 0.4) is 0 Å². The number of hydrogen-bond acceptors (Lipinski definition) is 8. The number of anilines is 2. The van der Waals surface area contributed by atoms with Crippen molar-refractivity contribution < 1.29 is 22.7 Å². The summed E-state index contributed by atoms with van der Waals surface area (Å²) in [6, 6.07) is 4.00. The zero-order chi connectivity index (χ0) is 23.2. The van der Waals surface area contributed by atoms with Crippen molar-refractivity contribution in [3.05, 3.63) is 35.4 Å². The minimum absolute atomic E-state index is 0.116. The van der Waals surface area contributed by atoms with Crippen LogP contribution in [0.2, 0.25) is 0 Å². The maximum Gasteiger partial charge on any atom is 0.241 e. The molecule has 0 bridgehead atoms. The number of benzene rings is 1. The number of sulfonamides is 1. The van der Waals surface area contributed by atoms with Crippen LogP contribution >= 0.6 is 0 Å². The molecule has 0 saturated heterocycles. The molecular weight excluding hydrogens is 425 g/mol. The highest BCUT2D eigenvalue weighted by Gasteiger charge is 2.18. The fourth-order valence-corrected chi connectivity index (χ4v) is 3.62. The third-order valence-corrected chi connectivity index (χ3v) is 5.04. The van der Waals surface area contributed by atoms with Crippen molar-refractivity contribution in [3.8, 4) is 5.75 Å². The summed E-state index contributed by atoms with van der Waals surface area (Å²) in [6.07, 6.45) is 2.01. The Kier molecular flexibility index (Phi) is 8.52. The van der Waals surface area contributed by atoms with Gasteiger partial charge in [-0.3, -0.25) is 4.72 Å². The maximum atomic E-state index is 13.5. The zero-order valence-electron chi connectivity index (χ0n) is 18.4. The van der Waals surface area contributed by atoms with Crippen LogP contribution < -0.4 is 14.8 Å². The number of aliphatic hydroxyl groups is 1. The van der Waals surface area contributed by atoms with E-state index in [4.69, 9.17) is 4.74 Å². The molecule has 0 fully saturated rings. The highest BCUT2D eigenvalue weighted by molar-refractivity contribution is 7.91. The first kappa shape index (κ1) is 24.7. The van der Waals surface area contributed by atoms with Gasteiger partial charge in [-0.2, -0.15) is 15.0 Å². The summed E-state index contributed by atoms with van der Waals surface area (Å²) in [6.45, 7) is 5.83. The Morgan fingerprint density at radius 1 is 1.16 bits per heavy atom. The fourth-order valence-electron chi connectivity index (χ4n) is 3.19. The Labute approximate surface area is 182 Å². The van der Waals surface area contributed by atoms with E-state index in [2.05, 4.69) is 25.0 Å². The van der Waals surface area contributed by atoms with E-state index in [1.807, 2.05) is 20.8 Å². The largest absolute Gasteiger partial charge is 0.496 e. The molecule has 0 saturated carbocycles. The third-order valence-electron chi connectivity index (χ3n) is 4.48. The molecule has 11 heteroatoms. The van der Waals surface area contributed by atoms with Gasteiger partial charge in [0.1, 0.15) is 17.4 Å². The Bertz CT molecular complexity index is 988. The summed E-state index contributed by atoms with van der Waals surface area (Å²) in [5.74, 6) is 0.560. The molecule has 0 aliphatic rings. The van der Waals surface area contributed by atoms with E-state index in [1.165, 1.54) is 19.2 Å². The van der Waals surface area contributed by atoms with Gasteiger partial charge in [0.2, 0.25) is 21.9 Å². The van der Waals surface area contributed by atoms with Gasteiger partial charge in [0.25, 0.3) is 0 Å². The van der Waals surface area contributed by atoms with Gasteiger partial charge in [-0.05, 0) is 29.9 Å². The van der Waals surface area contributed by atoms with E-state index in [1.54, 1.807) is 6.07 Å². The van der Waals surface area contributed by atoms with E-state index < -0.39 is 15.8 Å². The topological polar surface area (TPSA) is 126 Å². The van der Waals surface area contributed by atoms with E-state index in [0.29, 0.717) is 30.3 Å². The van der Waals surface area contributed by atoms with Gasteiger partial charge in [-0.1, -0.05) is 26.8 Å². The van der Waals surface area contributed by atoms with Crippen molar-refractivity contribution >= 4 is 21.9 Å². The number of aromatic nitrogens is 3. The molecule has 172 valence electrons. The number of nitrogens with one attached hydrogen (secondary N) is 2. The first-order valence-electron chi connectivity index (χ1n) is 9.94. The van der Waals surface area contributed by atoms with Crippen molar-refractivity contribution in [2.75, 3.05) is 30.0 Å². The maximum absolute atomic E-state index is 13.5. The lowest BCUT2D eigenvalue weighted by Gasteiger charge is -2.19. The van der Waals surface area contributed by atoms with Crippen LogP contribution in [-0.4, -0.2) is 54.5 Å². The summed E-state index contributed by atoms with van der Waals surface area (Å²) in [5.41, 5.74) is 0.768. The minimum atomic E-state index is -3.60. The first-order chi connectivity index (χ1) is 14.5. The summed E-state index contributed by atoms with van der Waals surface area (Å²) in [5, 5.41) is 12.7. The van der Waals surface area contributed by atoms with Gasteiger partial charge in [-0.25, -0.2) is 12.8 Å². The molecule has 9 nitrogen and oxygen atoms in total. The van der Waals surface area contributed by atoms with Gasteiger partial charge in [0.15, 0.2) is 0 Å². The molecule has 3 N–H and O–H groups in total. The lowest BCUT2D eigenvalue weighted by atomic mass is 9.96.